The SMILES string of the molecule is C=Cn1cc(-c2cnc(N)c(C(F)(F)F)c2)nc1CO. The number of imidazole rings is 1. The number of pyridine rings is 1. The van der Waals surface area contributed by atoms with Crippen molar-refractivity contribution in [2.24, 2.45) is 0 Å². The van der Waals surface area contributed by atoms with Crippen LogP contribution in [0.1, 0.15) is 11.4 Å². The Morgan fingerprint density at radius 2 is 2.15 bits per heavy atom. The molecular weight excluding hydrogens is 273 g/mol. The number of alkyl halides is 3. The average Bonchev–Trinajstić information content (AvgIpc) is 2.81. The molecule has 20 heavy (non-hydrogen) atoms. The minimum atomic E-state index is -4.59. The van der Waals surface area contributed by atoms with E-state index in [9.17, 15) is 13.2 Å². The molecular formula is C12H11F3N4O. The summed E-state index contributed by atoms with van der Waals surface area (Å²) >= 11 is 0. The maximum atomic E-state index is 12.8. The number of halogens is 3. The van der Waals surface area contributed by atoms with E-state index in [4.69, 9.17) is 10.8 Å². The summed E-state index contributed by atoms with van der Waals surface area (Å²) in [6, 6.07) is 0.874. The van der Waals surface area contributed by atoms with Gasteiger partial charge in [-0.2, -0.15) is 13.2 Å². The number of nitrogens with two attached hydrogens (primary N) is 1. The standard InChI is InChI=1S/C12H11F3N4O/c1-2-19-5-9(18-10(19)6-20)7-3-8(12(13,14)15)11(16)17-4-7/h2-5,20H,1,6H2,(H2,16,17). The zero-order valence-electron chi connectivity index (χ0n) is 10.2. The average molecular weight is 284 g/mol. The van der Waals surface area contributed by atoms with Gasteiger partial charge in [0.25, 0.3) is 0 Å². The first-order valence-corrected chi connectivity index (χ1v) is 5.51. The van der Waals surface area contributed by atoms with Crippen LogP contribution in [0.5, 0.6) is 0 Å². The van der Waals surface area contributed by atoms with Crippen LogP contribution in [-0.2, 0) is 12.8 Å². The van der Waals surface area contributed by atoms with Crippen LogP contribution in [0, 0.1) is 0 Å². The first-order valence-electron chi connectivity index (χ1n) is 5.51. The highest BCUT2D eigenvalue weighted by Gasteiger charge is 2.34. The highest BCUT2D eigenvalue weighted by Crippen LogP contribution is 2.34. The molecule has 0 saturated carbocycles. The van der Waals surface area contributed by atoms with Crippen molar-refractivity contribution in [1.82, 2.24) is 14.5 Å². The molecule has 2 heterocycles. The van der Waals surface area contributed by atoms with Crippen LogP contribution in [-0.4, -0.2) is 19.6 Å². The Hall–Kier alpha value is -2.35. The van der Waals surface area contributed by atoms with Crippen molar-refractivity contribution < 1.29 is 18.3 Å². The quantitative estimate of drug-likeness (QED) is 0.905. The fourth-order valence-electron chi connectivity index (χ4n) is 1.69. The summed E-state index contributed by atoms with van der Waals surface area (Å²) in [6.45, 7) is 3.15. The summed E-state index contributed by atoms with van der Waals surface area (Å²) < 4.78 is 39.7. The van der Waals surface area contributed by atoms with Gasteiger partial charge < -0.3 is 15.4 Å². The molecule has 0 aliphatic heterocycles. The lowest BCUT2D eigenvalue weighted by molar-refractivity contribution is -0.137. The number of aliphatic hydroxyl groups is 1. The predicted molar refractivity (Wildman–Crippen MR) is 67.2 cm³/mol. The van der Waals surface area contributed by atoms with Crippen molar-refractivity contribution >= 4 is 12.0 Å². The Labute approximate surface area is 112 Å². The van der Waals surface area contributed by atoms with E-state index >= 15 is 0 Å². The number of hydrogen-bond donors (Lipinski definition) is 2. The second kappa shape index (κ2) is 4.97. The zero-order valence-corrected chi connectivity index (χ0v) is 10.2. The topological polar surface area (TPSA) is 77.0 Å². The molecule has 0 saturated heterocycles. The summed E-state index contributed by atoms with van der Waals surface area (Å²) in [4.78, 5) is 7.55. The summed E-state index contributed by atoms with van der Waals surface area (Å²) in [6.07, 6.45) is -0.557. The van der Waals surface area contributed by atoms with Crippen LogP contribution in [0.4, 0.5) is 19.0 Å². The highest BCUT2D eigenvalue weighted by atomic mass is 19.4. The van der Waals surface area contributed by atoms with Gasteiger partial charge in [-0.3, -0.25) is 0 Å². The molecule has 3 N–H and O–H groups in total. The van der Waals surface area contributed by atoms with Crippen LogP contribution < -0.4 is 5.73 Å². The van der Waals surface area contributed by atoms with Gasteiger partial charge in [-0.05, 0) is 6.07 Å². The second-order valence-electron chi connectivity index (χ2n) is 3.94. The summed E-state index contributed by atoms with van der Waals surface area (Å²) in [7, 11) is 0. The van der Waals surface area contributed by atoms with Crippen molar-refractivity contribution in [1.29, 1.82) is 0 Å². The minimum Gasteiger partial charge on any atom is -0.388 e. The smallest absolute Gasteiger partial charge is 0.388 e. The molecule has 0 unspecified atom stereocenters. The molecule has 0 spiro atoms. The Bertz CT molecular complexity index is 649. The number of nitrogen functional groups attached to an aromatic ring is 1. The molecule has 0 atom stereocenters. The third kappa shape index (κ3) is 2.50. The van der Waals surface area contributed by atoms with Crippen molar-refractivity contribution in [3.8, 4) is 11.3 Å². The Morgan fingerprint density at radius 1 is 1.45 bits per heavy atom. The molecule has 106 valence electrons. The highest BCUT2D eigenvalue weighted by molar-refractivity contribution is 5.62. The van der Waals surface area contributed by atoms with Gasteiger partial charge in [-0.25, -0.2) is 9.97 Å². The van der Waals surface area contributed by atoms with Crippen LogP contribution in [0.25, 0.3) is 17.5 Å². The largest absolute Gasteiger partial charge is 0.419 e. The first-order chi connectivity index (χ1) is 9.36. The number of rotatable bonds is 3. The second-order valence-corrected chi connectivity index (χ2v) is 3.94. The van der Waals surface area contributed by atoms with Gasteiger partial charge in [-0.1, -0.05) is 6.58 Å². The summed E-state index contributed by atoms with van der Waals surface area (Å²) in [5.41, 5.74) is 4.61. The van der Waals surface area contributed by atoms with E-state index in [1.165, 1.54) is 23.2 Å². The van der Waals surface area contributed by atoms with Gasteiger partial charge in [0.1, 0.15) is 18.2 Å². The lowest BCUT2D eigenvalue weighted by Gasteiger charge is -2.09. The molecule has 2 aromatic heterocycles. The molecule has 8 heteroatoms. The van der Waals surface area contributed by atoms with E-state index in [2.05, 4.69) is 16.5 Å². The summed E-state index contributed by atoms with van der Waals surface area (Å²) in [5, 5.41) is 9.09. The normalized spacial score (nSPS) is 11.6. The lowest BCUT2D eigenvalue weighted by atomic mass is 10.1. The van der Waals surface area contributed by atoms with E-state index in [-0.39, 0.29) is 23.7 Å². The molecule has 0 amide bonds. The van der Waals surface area contributed by atoms with Crippen molar-refractivity contribution in [2.45, 2.75) is 12.8 Å². The van der Waals surface area contributed by atoms with Gasteiger partial charge in [0.15, 0.2) is 0 Å². The van der Waals surface area contributed by atoms with Crippen LogP contribution in [0.2, 0.25) is 0 Å². The third-order valence-corrected chi connectivity index (χ3v) is 2.67. The van der Waals surface area contributed by atoms with E-state index in [0.29, 0.717) is 0 Å². The van der Waals surface area contributed by atoms with Crippen molar-refractivity contribution in [2.75, 3.05) is 5.73 Å². The molecule has 0 bridgehead atoms. The Kier molecular flexibility index (Phi) is 3.49. The van der Waals surface area contributed by atoms with Gasteiger partial charge >= 0.3 is 6.18 Å². The molecule has 0 radical (unpaired) electrons. The monoisotopic (exact) mass is 284 g/mol. The molecule has 0 aliphatic rings. The molecule has 2 rings (SSSR count). The van der Waals surface area contributed by atoms with Gasteiger partial charge in [0, 0.05) is 24.2 Å². The molecule has 2 aromatic rings. The molecule has 0 fully saturated rings. The van der Waals surface area contributed by atoms with Gasteiger partial charge in [0.05, 0.1) is 11.3 Å². The van der Waals surface area contributed by atoms with Crippen LogP contribution in [0.3, 0.4) is 0 Å². The number of aromatic nitrogens is 3. The van der Waals surface area contributed by atoms with Gasteiger partial charge in [-0.15, -0.1) is 0 Å². The van der Waals surface area contributed by atoms with Crippen molar-refractivity contribution in [3.63, 3.8) is 0 Å². The number of anilines is 1. The van der Waals surface area contributed by atoms with E-state index in [1.807, 2.05) is 0 Å². The molecule has 5 nitrogen and oxygen atoms in total. The van der Waals surface area contributed by atoms with E-state index < -0.39 is 17.6 Å². The maximum absolute atomic E-state index is 12.8. The summed E-state index contributed by atoms with van der Waals surface area (Å²) in [5.74, 6) is -0.327. The Balaban J connectivity index is 2.53. The third-order valence-electron chi connectivity index (χ3n) is 2.67. The van der Waals surface area contributed by atoms with Crippen molar-refractivity contribution in [3.05, 3.63) is 36.4 Å². The Morgan fingerprint density at radius 3 is 2.65 bits per heavy atom. The minimum absolute atomic E-state index is 0.154. The van der Waals surface area contributed by atoms with E-state index in [0.717, 1.165) is 6.07 Å². The zero-order chi connectivity index (χ0) is 14.9. The number of nitrogens with zero attached hydrogens (tertiary/aromatic N) is 3. The lowest BCUT2D eigenvalue weighted by Crippen LogP contribution is -2.10. The molecule has 0 aliphatic carbocycles. The fraction of sp³-hybridized carbons (Fsp3) is 0.167. The first kappa shape index (κ1) is 14.1. The van der Waals surface area contributed by atoms with Crippen LogP contribution in [0.15, 0.2) is 25.0 Å². The van der Waals surface area contributed by atoms with E-state index in [1.54, 1.807) is 0 Å². The maximum Gasteiger partial charge on any atom is 0.419 e. The van der Waals surface area contributed by atoms with Crippen LogP contribution >= 0.6 is 0 Å². The fourth-order valence-corrected chi connectivity index (χ4v) is 1.69. The van der Waals surface area contributed by atoms with Gasteiger partial charge in [0.2, 0.25) is 0 Å². The number of aliphatic hydroxyl groups excluding tert-OH is 1. The molecule has 0 aromatic carbocycles. The number of hydrogen-bond acceptors (Lipinski definition) is 4. The predicted octanol–water partition coefficient (Wildman–Crippen LogP) is 2.14.